The molecule has 1 N–H and O–H groups in total. The number of nitriles is 1. The molecule has 0 amide bonds. The number of nitro benzene ring substituents is 1. The van der Waals surface area contributed by atoms with Crippen molar-refractivity contribution >= 4 is 5.69 Å². The molecule has 0 spiro atoms. The first-order chi connectivity index (χ1) is 9.61. The van der Waals surface area contributed by atoms with Crippen LogP contribution in [0.4, 0.5) is 5.69 Å². The Kier molecular flexibility index (Phi) is 4.13. The molecule has 1 aromatic heterocycles. The first-order valence-electron chi connectivity index (χ1n) is 6.04. The fourth-order valence-corrected chi connectivity index (χ4v) is 1.91. The highest BCUT2D eigenvalue weighted by atomic mass is 16.6. The number of hydrogen-bond donors (Lipinski definition) is 1. The average Bonchev–Trinajstić information content (AvgIpc) is 2.88. The summed E-state index contributed by atoms with van der Waals surface area (Å²) >= 11 is 0. The van der Waals surface area contributed by atoms with E-state index >= 15 is 0 Å². The number of hydrogen-bond acceptors (Lipinski definition) is 5. The molecular formula is C14H13N3O3. The van der Waals surface area contributed by atoms with Crippen molar-refractivity contribution in [1.82, 2.24) is 5.32 Å². The van der Waals surface area contributed by atoms with E-state index in [2.05, 4.69) is 5.32 Å². The molecule has 0 saturated heterocycles. The van der Waals surface area contributed by atoms with Gasteiger partial charge in [0.25, 0.3) is 5.69 Å². The summed E-state index contributed by atoms with van der Waals surface area (Å²) in [5.41, 5.74) is 1.64. The predicted molar refractivity (Wildman–Crippen MR) is 71.8 cm³/mol. The lowest BCUT2D eigenvalue weighted by molar-refractivity contribution is -0.385. The van der Waals surface area contributed by atoms with Gasteiger partial charge in [-0.2, -0.15) is 5.26 Å². The summed E-state index contributed by atoms with van der Waals surface area (Å²) in [6.45, 7) is 2.69. The Morgan fingerprint density at radius 2 is 2.15 bits per heavy atom. The van der Waals surface area contributed by atoms with E-state index < -0.39 is 0 Å². The van der Waals surface area contributed by atoms with Gasteiger partial charge in [0.05, 0.1) is 11.5 Å². The normalized spacial score (nSPS) is 10.2. The second-order valence-corrected chi connectivity index (χ2v) is 4.30. The van der Waals surface area contributed by atoms with Crippen LogP contribution in [0.1, 0.15) is 22.6 Å². The molecule has 6 nitrogen and oxygen atoms in total. The van der Waals surface area contributed by atoms with E-state index in [-0.39, 0.29) is 16.4 Å². The maximum absolute atomic E-state index is 10.8. The Labute approximate surface area is 115 Å². The van der Waals surface area contributed by atoms with Crippen LogP contribution in [0.5, 0.6) is 0 Å². The summed E-state index contributed by atoms with van der Waals surface area (Å²) in [5.74, 6) is 0.929. The monoisotopic (exact) mass is 271 g/mol. The Hall–Kier alpha value is -2.65. The SMILES string of the molecule is Cc1c(CNCc2ccc(C#N)o2)cccc1[N+](=O)[O-]. The summed E-state index contributed by atoms with van der Waals surface area (Å²) < 4.78 is 5.23. The van der Waals surface area contributed by atoms with Crippen molar-refractivity contribution < 1.29 is 9.34 Å². The molecule has 0 radical (unpaired) electrons. The van der Waals surface area contributed by atoms with Gasteiger partial charge in [-0.3, -0.25) is 10.1 Å². The quantitative estimate of drug-likeness (QED) is 0.666. The largest absolute Gasteiger partial charge is 0.449 e. The molecule has 1 heterocycles. The smallest absolute Gasteiger partial charge is 0.272 e. The van der Waals surface area contributed by atoms with E-state index in [9.17, 15) is 10.1 Å². The summed E-state index contributed by atoms with van der Waals surface area (Å²) in [4.78, 5) is 10.5. The third kappa shape index (κ3) is 3.02. The van der Waals surface area contributed by atoms with Crippen LogP contribution >= 0.6 is 0 Å². The van der Waals surface area contributed by atoms with Crippen molar-refractivity contribution in [1.29, 1.82) is 5.26 Å². The van der Waals surface area contributed by atoms with E-state index in [4.69, 9.17) is 9.68 Å². The van der Waals surface area contributed by atoms with Gasteiger partial charge in [-0.25, -0.2) is 0 Å². The summed E-state index contributed by atoms with van der Waals surface area (Å²) in [5, 5.41) is 22.6. The number of nitrogens with one attached hydrogen (secondary N) is 1. The van der Waals surface area contributed by atoms with Gasteiger partial charge in [-0.05, 0) is 24.6 Å². The minimum atomic E-state index is -0.384. The number of benzene rings is 1. The molecule has 0 aliphatic rings. The van der Waals surface area contributed by atoms with Gasteiger partial charge < -0.3 is 9.73 Å². The van der Waals surface area contributed by atoms with Crippen molar-refractivity contribution in [2.75, 3.05) is 0 Å². The fourth-order valence-electron chi connectivity index (χ4n) is 1.91. The lowest BCUT2D eigenvalue weighted by atomic mass is 10.1. The molecule has 0 aliphatic heterocycles. The number of furan rings is 1. The number of nitrogens with zero attached hydrogens (tertiary/aromatic N) is 2. The van der Waals surface area contributed by atoms with Crippen LogP contribution in [0.2, 0.25) is 0 Å². The third-order valence-corrected chi connectivity index (χ3v) is 3.00. The maximum Gasteiger partial charge on any atom is 0.272 e. The lowest BCUT2D eigenvalue weighted by Gasteiger charge is -2.07. The van der Waals surface area contributed by atoms with Gasteiger partial charge in [0.2, 0.25) is 5.76 Å². The van der Waals surface area contributed by atoms with Crippen molar-refractivity contribution in [3.05, 3.63) is 63.1 Å². The van der Waals surface area contributed by atoms with Gasteiger partial charge in [0.1, 0.15) is 11.8 Å². The van der Waals surface area contributed by atoms with Gasteiger partial charge in [0, 0.05) is 18.2 Å². The van der Waals surface area contributed by atoms with Gasteiger partial charge >= 0.3 is 0 Å². The van der Waals surface area contributed by atoms with Crippen molar-refractivity contribution in [2.45, 2.75) is 20.0 Å². The van der Waals surface area contributed by atoms with Crippen LogP contribution in [-0.4, -0.2) is 4.92 Å². The molecule has 0 saturated carbocycles. The topological polar surface area (TPSA) is 92.1 Å². The zero-order valence-corrected chi connectivity index (χ0v) is 10.9. The van der Waals surface area contributed by atoms with Crippen LogP contribution in [0.3, 0.4) is 0 Å². The second-order valence-electron chi connectivity index (χ2n) is 4.30. The van der Waals surface area contributed by atoms with E-state index in [0.29, 0.717) is 24.4 Å². The molecule has 0 aliphatic carbocycles. The molecule has 0 bridgehead atoms. The molecule has 2 aromatic rings. The van der Waals surface area contributed by atoms with E-state index in [1.54, 1.807) is 25.1 Å². The van der Waals surface area contributed by atoms with Crippen molar-refractivity contribution in [3.8, 4) is 6.07 Å². The average molecular weight is 271 g/mol. The van der Waals surface area contributed by atoms with Gasteiger partial charge in [0.15, 0.2) is 0 Å². The van der Waals surface area contributed by atoms with Crippen LogP contribution in [0.15, 0.2) is 34.7 Å². The first-order valence-corrected chi connectivity index (χ1v) is 6.04. The highest BCUT2D eigenvalue weighted by molar-refractivity contribution is 5.44. The van der Waals surface area contributed by atoms with Crippen molar-refractivity contribution in [2.24, 2.45) is 0 Å². The van der Waals surface area contributed by atoms with Gasteiger partial charge in [-0.1, -0.05) is 12.1 Å². The van der Waals surface area contributed by atoms with Crippen molar-refractivity contribution in [3.63, 3.8) is 0 Å². The molecule has 102 valence electrons. The molecule has 0 fully saturated rings. The summed E-state index contributed by atoms with van der Waals surface area (Å²) in [7, 11) is 0. The number of nitro groups is 1. The Balaban J connectivity index is 1.99. The lowest BCUT2D eigenvalue weighted by Crippen LogP contribution is -2.13. The maximum atomic E-state index is 10.8. The Morgan fingerprint density at radius 1 is 1.35 bits per heavy atom. The molecule has 0 atom stereocenters. The summed E-state index contributed by atoms with van der Waals surface area (Å²) in [6.07, 6.45) is 0. The molecule has 20 heavy (non-hydrogen) atoms. The Morgan fingerprint density at radius 3 is 2.80 bits per heavy atom. The standard InChI is InChI=1S/C14H13N3O3/c1-10-11(3-2-4-14(10)17(18)19)8-16-9-13-6-5-12(7-15)20-13/h2-6,16H,8-9H2,1H3. The van der Waals surface area contributed by atoms with Crippen LogP contribution < -0.4 is 5.32 Å². The highest BCUT2D eigenvalue weighted by Gasteiger charge is 2.12. The zero-order valence-electron chi connectivity index (χ0n) is 10.9. The van der Waals surface area contributed by atoms with Crippen LogP contribution in [-0.2, 0) is 13.1 Å². The van der Waals surface area contributed by atoms with E-state index in [1.807, 2.05) is 12.1 Å². The zero-order chi connectivity index (χ0) is 14.5. The first kappa shape index (κ1) is 13.8. The highest BCUT2D eigenvalue weighted by Crippen LogP contribution is 2.20. The second kappa shape index (κ2) is 5.99. The van der Waals surface area contributed by atoms with E-state index in [0.717, 1.165) is 5.56 Å². The molecule has 0 unspecified atom stereocenters. The minimum Gasteiger partial charge on any atom is -0.449 e. The molecule has 6 heteroatoms. The Bertz CT molecular complexity index is 671. The molecule has 1 aromatic carbocycles. The predicted octanol–water partition coefficient (Wildman–Crippen LogP) is 2.66. The minimum absolute atomic E-state index is 0.120. The molecule has 2 rings (SSSR count). The third-order valence-electron chi connectivity index (χ3n) is 3.00. The van der Waals surface area contributed by atoms with Gasteiger partial charge in [-0.15, -0.1) is 0 Å². The summed E-state index contributed by atoms with van der Waals surface area (Å²) in [6, 6.07) is 10.3. The van der Waals surface area contributed by atoms with E-state index in [1.165, 1.54) is 6.07 Å². The fraction of sp³-hybridized carbons (Fsp3) is 0.214. The van der Waals surface area contributed by atoms with Crippen LogP contribution in [0.25, 0.3) is 0 Å². The molecular weight excluding hydrogens is 258 g/mol. The number of rotatable bonds is 5. The van der Waals surface area contributed by atoms with Crippen LogP contribution in [0, 0.1) is 28.4 Å².